The number of hydrogen-bond acceptors (Lipinski definition) is 5. The molecule has 0 aromatic carbocycles. The van der Waals surface area contributed by atoms with Crippen LogP contribution in [0.1, 0.15) is 23.2 Å². The number of carboxylic acid groups (broad SMARTS) is 1. The molecule has 1 saturated heterocycles. The highest BCUT2D eigenvalue weighted by Crippen LogP contribution is 2.32. The van der Waals surface area contributed by atoms with Crippen molar-refractivity contribution in [3.05, 3.63) is 27.8 Å². The van der Waals surface area contributed by atoms with Gasteiger partial charge in [0, 0.05) is 19.3 Å². The third kappa shape index (κ3) is 2.07. The quantitative estimate of drug-likeness (QED) is 0.889. The van der Waals surface area contributed by atoms with Crippen LogP contribution < -0.4 is 15.1 Å². The lowest BCUT2D eigenvalue weighted by molar-refractivity contribution is 0.0695. The Morgan fingerprint density at radius 1 is 1.45 bits per heavy atom. The van der Waals surface area contributed by atoms with Gasteiger partial charge in [-0.2, -0.15) is 4.39 Å². The van der Waals surface area contributed by atoms with Gasteiger partial charge in [-0.3, -0.25) is 4.79 Å². The summed E-state index contributed by atoms with van der Waals surface area (Å²) in [4.78, 5) is 31.8. The number of pyridine rings is 2. The van der Waals surface area contributed by atoms with Crippen molar-refractivity contribution in [1.29, 1.82) is 0 Å². The Morgan fingerprint density at radius 3 is 2.73 bits per heavy atom. The molecule has 1 fully saturated rings. The first-order valence-corrected chi connectivity index (χ1v) is 6.81. The number of hydrogen-bond donors (Lipinski definition) is 2. The largest absolute Gasteiger partial charge is 0.493 e. The highest BCUT2D eigenvalue weighted by Gasteiger charge is 2.25. The first-order chi connectivity index (χ1) is 10.5. The summed E-state index contributed by atoms with van der Waals surface area (Å²) in [6.07, 6.45) is 2.94. The number of anilines is 1. The van der Waals surface area contributed by atoms with Crippen LogP contribution in [0.3, 0.4) is 0 Å². The van der Waals surface area contributed by atoms with Crippen LogP contribution in [0.15, 0.2) is 11.0 Å². The van der Waals surface area contributed by atoms with Gasteiger partial charge >= 0.3 is 5.97 Å². The van der Waals surface area contributed by atoms with Crippen molar-refractivity contribution >= 4 is 22.8 Å². The van der Waals surface area contributed by atoms with E-state index in [9.17, 15) is 14.0 Å². The molecule has 0 unspecified atom stereocenters. The summed E-state index contributed by atoms with van der Waals surface area (Å²) in [5.41, 5.74) is -1.20. The van der Waals surface area contributed by atoms with Crippen molar-refractivity contribution < 1.29 is 19.0 Å². The lowest BCUT2D eigenvalue weighted by Crippen LogP contribution is -2.23. The van der Waals surface area contributed by atoms with E-state index in [1.54, 1.807) is 4.90 Å². The number of aromatic amines is 1. The average Bonchev–Trinajstić information content (AvgIpc) is 3.01. The number of methoxy groups -OCH3 is 1. The summed E-state index contributed by atoms with van der Waals surface area (Å²) < 4.78 is 19.7. The second kappa shape index (κ2) is 5.28. The van der Waals surface area contributed by atoms with Crippen molar-refractivity contribution in [2.75, 3.05) is 25.1 Å². The first-order valence-electron chi connectivity index (χ1n) is 6.81. The zero-order valence-electron chi connectivity index (χ0n) is 11.9. The van der Waals surface area contributed by atoms with Crippen molar-refractivity contribution in [1.82, 2.24) is 9.97 Å². The lowest BCUT2D eigenvalue weighted by atomic mass is 10.1. The number of carbonyl (C=O) groups is 1. The molecule has 0 amide bonds. The van der Waals surface area contributed by atoms with E-state index < -0.39 is 22.8 Å². The van der Waals surface area contributed by atoms with E-state index in [4.69, 9.17) is 9.84 Å². The maximum atomic E-state index is 14.6. The molecule has 116 valence electrons. The SMILES string of the molecule is COc1c(F)c(N2CCCC2)nc2[nH]cc(C(=O)O)c(=O)c12. The number of nitrogens with one attached hydrogen (secondary N) is 1. The summed E-state index contributed by atoms with van der Waals surface area (Å²) in [7, 11) is 1.23. The summed E-state index contributed by atoms with van der Waals surface area (Å²) in [6.45, 7) is 1.35. The maximum Gasteiger partial charge on any atom is 0.341 e. The number of H-pyrrole nitrogens is 1. The average molecular weight is 307 g/mol. The molecule has 0 radical (unpaired) electrons. The van der Waals surface area contributed by atoms with Crippen LogP contribution in [0.5, 0.6) is 5.75 Å². The fraction of sp³-hybridized carbons (Fsp3) is 0.357. The van der Waals surface area contributed by atoms with Crippen LogP contribution in [0.4, 0.5) is 10.2 Å². The van der Waals surface area contributed by atoms with Crippen LogP contribution in [0.2, 0.25) is 0 Å². The molecular weight excluding hydrogens is 293 g/mol. The Hall–Kier alpha value is -2.64. The van der Waals surface area contributed by atoms with Gasteiger partial charge in [-0.25, -0.2) is 9.78 Å². The fourth-order valence-corrected chi connectivity index (χ4v) is 2.67. The Morgan fingerprint density at radius 2 is 2.14 bits per heavy atom. The minimum atomic E-state index is -1.39. The Bertz CT molecular complexity index is 812. The number of carboxylic acids is 1. The molecule has 1 aliphatic rings. The number of aromatic carboxylic acids is 1. The van der Waals surface area contributed by atoms with Crippen molar-refractivity contribution in [2.45, 2.75) is 12.8 Å². The van der Waals surface area contributed by atoms with Crippen LogP contribution in [0, 0.1) is 5.82 Å². The first kappa shape index (κ1) is 14.3. The number of fused-ring (bicyclic) bond motifs is 1. The van der Waals surface area contributed by atoms with E-state index in [1.807, 2.05) is 0 Å². The summed E-state index contributed by atoms with van der Waals surface area (Å²) in [5.74, 6) is -2.31. The highest BCUT2D eigenvalue weighted by molar-refractivity contribution is 5.94. The molecule has 1 aliphatic heterocycles. The molecule has 7 nitrogen and oxygen atoms in total. The number of rotatable bonds is 3. The van der Waals surface area contributed by atoms with E-state index in [0.29, 0.717) is 13.1 Å². The van der Waals surface area contributed by atoms with Crippen molar-refractivity contribution in [3.63, 3.8) is 0 Å². The van der Waals surface area contributed by atoms with Crippen LogP contribution in [-0.2, 0) is 0 Å². The molecule has 2 aromatic rings. The number of aromatic nitrogens is 2. The second-order valence-electron chi connectivity index (χ2n) is 5.04. The zero-order valence-corrected chi connectivity index (χ0v) is 11.9. The molecule has 0 saturated carbocycles. The molecule has 0 atom stereocenters. The van der Waals surface area contributed by atoms with Gasteiger partial charge in [-0.15, -0.1) is 0 Å². The van der Waals surface area contributed by atoms with Crippen LogP contribution in [-0.4, -0.2) is 41.2 Å². The number of ether oxygens (including phenoxy) is 1. The number of nitrogens with zero attached hydrogens (tertiary/aromatic N) is 2. The lowest BCUT2D eigenvalue weighted by Gasteiger charge is -2.19. The van der Waals surface area contributed by atoms with Crippen molar-refractivity contribution in [2.24, 2.45) is 0 Å². The smallest absolute Gasteiger partial charge is 0.341 e. The Kier molecular flexibility index (Phi) is 3.44. The summed E-state index contributed by atoms with van der Waals surface area (Å²) in [5, 5.41) is 8.81. The van der Waals surface area contributed by atoms with Gasteiger partial charge in [0.05, 0.1) is 7.11 Å². The minimum Gasteiger partial charge on any atom is -0.493 e. The highest BCUT2D eigenvalue weighted by atomic mass is 19.1. The molecule has 0 aliphatic carbocycles. The van der Waals surface area contributed by atoms with E-state index in [2.05, 4.69) is 9.97 Å². The monoisotopic (exact) mass is 307 g/mol. The van der Waals surface area contributed by atoms with Crippen LogP contribution in [0.25, 0.3) is 11.0 Å². The predicted molar refractivity (Wildman–Crippen MR) is 77.3 cm³/mol. The normalized spacial score (nSPS) is 14.5. The van der Waals surface area contributed by atoms with Gasteiger partial charge in [0.1, 0.15) is 16.6 Å². The standard InChI is InChI=1S/C14H14FN3O4/c1-22-11-8-10(19)7(14(20)21)6-16-12(8)17-13(9(11)15)18-4-2-3-5-18/h6H,2-5H2,1H3,(H,20,21)(H,16,17,19). The van der Waals surface area contributed by atoms with E-state index in [0.717, 1.165) is 19.0 Å². The Labute approximate surface area is 124 Å². The fourth-order valence-electron chi connectivity index (χ4n) is 2.67. The molecule has 8 heteroatoms. The van der Waals surface area contributed by atoms with Crippen LogP contribution >= 0.6 is 0 Å². The van der Waals surface area contributed by atoms with Gasteiger partial charge in [-0.05, 0) is 12.8 Å². The molecule has 0 bridgehead atoms. The van der Waals surface area contributed by atoms with Gasteiger partial charge in [0.15, 0.2) is 11.6 Å². The van der Waals surface area contributed by atoms with Crippen molar-refractivity contribution in [3.8, 4) is 5.75 Å². The van der Waals surface area contributed by atoms with E-state index >= 15 is 0 Å². The molecule has 22 heavy (non-hydrogen) atoms. The summed E-state index contributed by atoms with van der Waals surface area (Å²) in [6, 6.07) is 0. The molecule has 2 aromatic heterocycles. The third-order valence-electron chi connectivity index (χ3n) is 3.74. The van der Waals surface area contributed by atoms with Gasteiger partial charge in [0.25, 0.3) is 0 Å². The van der Waals surface area contributed by atoms with E-state index in [1.165, 1.54) is 7.11 Å². The molecule has 2 N–H and O–H groups in total. The zero-order chi connectivity index (χ0) is 15.9. The van der Waals surface area contributed by atoms with Gasteiger partial charge in [0.2, 0.25) is 11.2 Å². The topological polar surface area (TPSA) is 95.5 Å². The van der Waals surface area contributed by atoms with E-state index in [-0.39, 0.29) is 22.6 Å². The van der Waals surface area contributed by atoms with Gasteiger partial charge < -0.3 is 19.7 Å². The Balaban J connectivity index is 2.32. The maximum absolute atomic E-state index is 14.6. The van der Waals surface area contributed by atoms with Gasteiger partial charge in [-0.1, -0.05) is 0 Å². The minimum absolute atomic E-state index is 0.107. The molecule has 3 heterocycles. The molecule has 3 rings (SSSR count). The molecular formula is C14H14FN3O4. The summed E-state index contributed by atoms with van der Waals surface area (Å²) >= 11 is 0. The number of halogens is 1. The molecule has 0 spiro atoms. The predicted octanol–water partition coefficient (Wildman–Crippen LogP) is 1.37. The second-order valence-corrected chi connectivity index (χ2v) is 5.04. The third-order valence-corrected chi connectivity index (χ3v) is 3.74.